The predicted molar refractivity (Wildman–Crippen MR) is 71.5 cm³/mol. The van der Waals surface area contributed by atoms with Crippen molar-refractivity contribution in [3.63, 3.8) is 0 Å². The first kappa shape index (κ1) is 15.0. The Morgan fingerprint density at radius 3 is 2.50 bits per heavy atom. The van der Waals surface area contributed by atoms with Crippen LogP contribution < -0.4 is 4.74 Å². The summed E-state index contributed by atoms with van der Waals surface area (Å²) in [6.07, 6.45) is -0.562. The molecule has 0 aliphatic heterocycles. The summed E-state index contributed by atoms with van der Waals surface area (Å²) in [4.78, 5) is 0. The largest absolute Gasteiger partial charge is 0.493 e. The van der Waals surface area contributed by atoms with Crippen molar-refractivity contribution in [2.75, 3.05) is 12.4 Å². The number of sulfone groups is 1. The van der Waals surface area contributed by atoms with Gasteiger partial charge in [0.15, 0.2) is 9.84 Å². The minimum Gasteiger partial charge on any atom is -0.493 e. The molecular formula is C13H20O4S. The fraction of sp³-hybridized carbons (Fsp3) is 0.538. The standard InChI is InChI=1S/C13H20O4S/c1-10(2)18(15,16)8-7-17-13-6-4-5-12(9-13)11(3)14/h4-6,9-11,14H,7-8H2,1-3H3/t11-/m1/s1. The minimum atomic E-state index is -3.07. The van der Waals surface area contributed by atoms with Crippen molar-refractivity contribution in [3.8, 4) is 5.75 Å². The van der Waals surface area contributed by atoms with E-state index in [2.05, 4.69) is 0 Å². The highest BCUT2D eigenvalue weighted by Gasteiger charge is 2.15. The number of hydrogen-bond donors (Lipinski definition) is 1. The molecule has 0 aliphatic rings. The summed E-state index contributed by atoms with van der Waals surface area (Å²) in [5, 5.41) is 9.04. The fourth-order valence-corrected chi connectivity index (χ4v) is 2.16. The van der Waals surface area contributed by atoms with E-state index < -0.39 is 15.9 Å². The first-order chi connectivity index (χ1) is 8.33. The van der Waals surface area contributed by atoms with Crippen molar-refractivity contribution in [2.24, 2.45) is 0 Å². The van der Waals surface area contributed by atoms with E-state index >= 15 is 0 Å². The summed E-state index contributed by atoms with van der Waals surface area (Å²) in [5.74, 6) is 0.580. The van der Waals surface area contributed by atoms with E-state index in [9.17, 15) is 13.5 Å². The van der Waals surface area contributed by atoms with E-state index in [4.69, 9.17) is 4.74 Å². The third-order valence-corrected chi connectivity index (χ3v) is 4.87. The number of rotatable bonds is 6. The molecule has 0 unspecified atom stereocenters. The van der Waals surface area contributed by atoms with Crippen molar-refractivity contribution in [3.05, 3.63) is 29.8 Å². The molecule has 0 fully saturated rings. The van der Waals surface area contributed by atoms with Crippen molar-refractivity contribution in [2.45, 2.75) is 32.1 Å². The van der Waals surface area contributed by atoms with Crippen LogP contribution >= 0.6 is 0 Å². The van der Waals surface area contributed by atoms with Gasteiger partial charge in [0.05, 0.1) is 17.1 Å². The second-order valence-corrected chi connectivity index (χ2v) is 7.19. The summed E-state index contributed by atoms with van der Waals surface area (Å²) >= 11 is 0. The molecule has 5 heteroatoms. The van der Waals surface area contributed by atoms with Gasteiger partial charge in [0.25, 0.3) is 0 Å². The molecule has 18 heavy (non-hydrogen) atoms. The van der Waals surface area contributed by atoms with Gasteiger partial charge in [-0.1, -0.05) is 12.1 Å². The molecule has 0 saturated heterocycles. The van der Waals surface area contributed by atoms with E-state index in [1.54, 1.807) is 45.0 Å². The molecule has 0 aromatic heterocycles. The zero-order valence-corrected chi connectivity index (χ0v) is 11.8. The second-order valence-electron chi connectivity index (χ2n) is 4.51. The van der Waals surface area contributed by atoms with Gasteiger partial charge in [0.1, 0.15) is 12.4 Å². The maximum atomic E-state index is 11.6. The third kappa shape index (κ3) is 4.31. The summed E-state index contributed by atoms with van der Waals surface area (Å²) in [6.45, 7) is 5.11. The average molecular weight is 272 g/mol. The Morgan fingerprint density at radius 2 is 1.94 bits per heavy atom. The summed E-state index contributed by atoms with van der Waals surface area (Å²) in [6, 6.07) is 7.03. The van der Waals surface area contributed by atoms with Crippen molar-refractivity contribution < 1.29 is 18.3 Å². The van der Waals surface area contributed by atoms with Crippen molar-refractivity contribution in [1.82, 2.24) is 0 Å². The molecule has 0 amide bonds. The fourth-order valence-electron chi connectivity index (χ4n) is 1.38. The SMILES string of the molecule is CC(C)S(=O)(=O)CCOc1cccc([C@@H](C)O)c1. The molecule has 4 nitrogen and oxygen atoms in total. The molecule has 0 bridgehead atoms. The zero-order chi connectivity index (χ0) is 13.8. The highest BCUT2D eigenvalue weighted by molar-refractivity contribution is 7.91. The highest BCUT2D eigenvalue weighted by Crippen LogP contribution is 2.18. The van der Waals surface area contributed by atoms with Crippen LogP contribution in [0, 0.1) is 0 Å². The van der Waals surface area contributed by atoms with E-state index in [0.717, 1.165) is 5.56 Å². The Labute approximate surface area is 109 Å². The van der Waals surface area contributed by atoms with Crippen LogP contribution in [0.1, 0.15) is 32.4 Å². The summed E-state index contributed by atoms with van der Waals surface area (Å²) < 4.78 is 28.5. The second kappa shape index (κ2) is 6.20. The van der Waals surface area contributed by atoms with Gasteiger partial charge in [-0.2, -0.15) is 0 Å². The van der Waals surface area contributed by atoms with Crippen LogP contribution in [0.3, 0.4) is 0 Å². The van der Waals surface area contributed by atoms with Crippen LogP contribution in [0.2, 0.25) is 0 Å². The van der Waals surface area contributed by atoms with Crippen LogP contribution in [0.4, 0.5) is 0 Å². The van der Waals surface area contributed by atoms with Crippen molar-refractivity contribution in [1.29, 1.82) is 0 Å². The van der Waals surface area contributed by atoms with E-state index in [0.29, 0.717) is 5.75 Å². The smallest absolute Gasteiger partial charge is 0.155 e. The molecule has 1 aromatic rings. The normalized spacial score (nSPS) is 13.6. The minimum absolute atomic E-state index is 0.00354. The van der Waals surface area contributed by atoms with Gasteiger partial charge < -0.3 is 9.84 Å². The maximum Gasteiger partial charge on any atom is 0.155 e. The molecule has 0 spiro atoms. The topological polar surface area (TPSA) is 63.6 Å². The Kier molecular flexibility index (Phi) is 5.16. The Bertz CT molecular complexity index is 478. The Morgan fingerprint density at radius 1 is 1.28 bits per heavy atom. The van der Waals surface area contributed by atoms with E-state index in [1.165, 1.54) is 0 Å². The van der Waals surface area contributed by atoms with Gasteiger partial charge >= 0.3 is 0 Å². The number of aliphatic hydroxyl groups is 1. The quantitative estimate of drug-likeness (QED) is 0.859. The lowest BCUT2D eigenvalue weighted by Gasteiger charge is -2.11. The number of hydrogen-bond acceptors (Lipinski definition) is 4. The average Bonchev–Trinajstić information content (AvgIpc) is 2.29. The van der Waals surface area contributed by atoms with Crippen LogP contribution in [0.15, 0.2) is 24.3 Å². The molecule has 1 aromatic carbocycles. The van der Waals surface area contributed by atoms with Gasteiger partial charge in [-0.25, -0.2) is 8.42 Å². The molecule has 0 aliphatic carbocycles. The predicted octanol–water partition coefficient (Wildman–Crippen LogP) is 1.94. The molecule has 0 saturated carbocycles. The molecule has 1 N–H and O–H groups in total. The third-order valence-electron chi connectivity index (χ3n) is 2.70. The first-order valence-corrected chi connectivity index (χ1v) is 7.67. The Hall–Kier alpha value is -1.07. The van der Waals surface area contributed by atoms with Gasteiger partial charge in [-0.3, -0.25) is 0 Å². The molecule has 0 heterocycles. The Balaban J connectivity index is 2.57. The number of benzene rings is 1. The molecule has 102 valence electrons. The number of aliphatic hydroxyl groups excluding tert-OH is 1. The molecular weight excluding hydrogens is 252 g/mol. The lowest BCUT2D eigenvalue weighted by atomic mass is 10.1. The van der Waals surface area contributed by atoms with E-state index in [-0.39, 0.29) is 17.6 Å². The van der Waals surface area contributed by atoms with Gasteiger partial charge in [-0.15, -0.1) is 0 Å². The van der Waals surface area contributed by atoms with Gasteiger partial charge in [0, 0.05) is 0 Å². The number of ether oxygens (including phenoxy) is 1. The zero-order valence-electron chi connectivity index (χ0n) is 11.0. The molecule has 0 radical (unpaired) electrons. The summed E-state index contributed by atoms with van der Waals surface area (Å²) in [5.41, 5.74) is 0.749. The maximum absolute atomic E-state index is 11.6. The van der Waals surface area contributed by atoms with Crippen LogP contribution in [-0.4, -0.2) is 31.1 Å². The van der Waals surface area contributed by atoms with Crippen LogP contribution in [0.5, 0.6) is 5.75 Å². The van der Waals surface area contributed by atoms with Gasteiger partial charge in [-0.05, 0) is 38.5 Å². The highest BCUT2D eigenvalue weighted by atomic mass is 32.2. The molecule has 1 rings (SSSR count). The lowest BCUT2D eigenvalue weighted by molar-refractivity contribution is 0.198. The first-order valence-electron chi connectivity index (χ1n) is 5.95. The van der Waals surface area contributed by atoms with Crippen LogP contribution in [-0.2, 0) is 9.84 Å². The molecule has 1 atom stereocenters. The van der Waals surface area contributed by atoms with E-state index in [1.807, 2.05) is 0 Å². The monoisotopic (exact) mass is 272 g/mol. The van der Waals surface area contributed by atoms with Crippen molar-refractivity contribution >= 4 is 9.84 Å². The summed E-state index contributed by atoms with van der Waals surface area (Å²) in [7, 11) is -3.07. The van der Waals surface area contributed by atoms with Crippen LogP contribution in [0.25, 0.3) is 0 Å². The van der Waals surface area contributed by atoms with Gasteiger partial charge in [0.2, 0.25) is 0 Å². The lowest BCUT2D eigenvalue weighted by Crippen LogP contribution is -2.22.